The Kier molecular flexibility index (Phi) is 6.11. The lowest BCUT2D eigenvalue weighted by Gasteiger charge is -2.20. The monoisotopic (exact) mass is 330 g/mol. The van der Waals surface area contributed by atoms with Gasteiger partial charge in [-0.05, 0) is 31.0 Å². The van der Waals surface area contributed by atoms with Crippen LogP contribution in [-0.4, -0.2) is 30.9 Å². The van der Waals surface area contributed by atoms with E-state index in [-0.39, 0.29) is 24.6 Å². The second-order valence-corrected chi connectivity index (χ2v) is 5.31. The molecule has 0 radical (unpaired) electrons. The lowest BCUT2D eigenvalue weighted by Crippen LogP contribution is -2.40. The summed E-state index contributed by atoms with van der Waals surface area (Å²) in [4.78, 5) is 11.8. The summed E-state index contributed by atoms with van der Waals surface area (Å²) >= 11 is 3.34. The molecule has 3 N–H and O–H groups in total. The van der Waals surface area contributed by atoms with Crippen LogP contribution in [0.5, 0.6) is 5.75 Å². The van der Waals surface area contributed by atoms with E-state index in [1.54, 1.807) is 19.2 Å². The molecular formula is C13H19BrN2O3. The van der Waals surface area contributed by atoms with Gasteiger partial charge < -0.3 is 20.5 Å². The Morgan fingerprint density at radius 3 is 2.74 bits per heavy atom. The van der Waals surface area contributed by atoms with Gasteiger partial charge in [0.05, 0.1) is 12.8 Å². The Labute approximate surface area is 121 Å². The van der Waals surface area contributed by atoms with Gasteiger partial charge in [-0.25, -0.2) is 4.79 Å². The van der Waals surface area contributed by atoms with Crippen molar-refractivity contribution in [1.29, 1.82) is 0 Å². The molecule has 5 nitrogen and oxygen atoms in total. The second kappa shape index (κ2) is 7.35. The van der Waals surface area contributed by atoms with Gasteiger partial charge in [-0.2, -0.15) is 0 Å². The van der Waals surface area contributed by atoms with E-state index in [1.165, 1.54) is 0 Å². The zero-order valence-electron chi connectivity index (χ0n) is 11.2. The van der Waals surface area contributed by atoms with Crippen LogP contribution in [0.1, 0.15) is 13.8 Å². The molecule has 19 heavy (non-hydrogen) atoms. The molecular weight excluding hydrogens is 312 g/mol. The van der Waals surface area contributed by atoms with Crippen molar-refractivity contribution < 1.29 is 14.6 Å². The standard InChI is InChI=1S/C13H19BrN2O3/c1-8(7-17)9(2)15-13(18)16-11-6-10(14)4-5-12(11)19-3/h4-6,8-9,17H,7H2,1-3H3,(H2,15,16,18)/t8-,9-/m1/s1. The molecule has 106 valence electrons. The maximum Gasteiger partial charge on any atom is 0.319 e. The molecule has 1 aromatic rings. The highest BCUT2D eigenvalue weighted by atomic mass is 79.9. The maximum absolute atomic E-state index is 11.8. The number of anilines is 1. The normalized spacial score (nSPS) is 13.5. The Balaban J connectivity index is 2.69. The van der Waals surface area contributed by atoms with Crippen molar-refractivity contribution in [3.05, 3.63) is 22.7 Å². The van der Waals surface area contributed by atoms with Crippen LogP contribution < -0.4 is 15.4 Å². The summed E-state index contributed by atoms with van der Waals surface area (Å²) in [6.45, 7) is 3.74. The van der Waals surface area contributed by atoms with E-state index in [9.17, 15) is 4.79 Å². The molecule has 0 heterocycles. The third kappa shape index (κ3) is 4.72. The second-order valence-electron chi connectivity index (χ2n) is 4.39. The summed E-state index contributed by atoms with van der Waals surface area (Å²) in [6.07, 6.45) is 0. The first-order chi connectivity index (χ1) is 8.97. The highest BCUT2D eigenvalue weighted by molar-refractivity contribution is 9.10. The molecule has 1 rings (SSSR count). The zero-order valence-corrected chi connectivity index (χ0v) is 12.8. The minimum atomic E-state index is -0.329. The summed E-state index contributed by atoms with van der Waals surface area (Å²) in [7, 11) is 1.54. The van der Waals surface area contributed by atoms with Crippen molar-refractivity contribution in [3.63, 3.8) is 0 Å². The Bertz CT molecular complexity index is 440. The minimum absolute atomic E-state index is 0.00449. The lowest BCUT2D eigenvalue weighted by atomic mass is 10.1. The number of benzene rings is 1. The number of urea groups is 1. The smallest absolute Gasteiger partial charge is 0.319 e. The largest absolute Gasteiger partial charge is 0.495 e. The SMILES string of the molecule is COc1ccc(Br)cc1NC(=O)N[C@H](C)[C@H](C)CO. The highest BCUT2D eigenvalue weighted by Gasteiger charge is 2.15. The van der Waals surface area contributed by atoms with Crippen LogP contribution >= 0.6 is 15.9 Å². The van der Waals surface area contributed by atoms with Gasteiger partial charge in [0.15, 0.2) is 0 Å². The van der Waals surface area contributed by atoms with Gasteiger partial charge in [0.1, 0.15) is 5.75 Å². The van der Waals surface area contributed by atoms with Gasteiger partial charge in [0, 0.05) is 17.1 Å². The number of amides is 2. The summed E-state index contributed by atoms with van der Waals surface area (Å²) in [5.41, 5.74) is 0.582. The predicted molar refractivity (Wildman–Crippen MR) is 78.6 cm³/mol. The molecule has 0 unspecified atom stereocenters. The molecule has 6 heteroatoms. The molecule has 0 aromatic heterocycles. The van der Waals surface area contributed by atoms with Crippen LogP contribution in [0.15, 0.2) is 22.7 Å². The van der Waals surface area contributed by atoms with E-state index in [4.69, 9.17) is 9.84 Å². The van der Waals surface area contributed by atoms with Crippen LogP contribution in [-0.2, 0) is 0 Å². The number of methoxy groups -OCH3 is 1. The van der Waals surface area contributed by atoms with Crippen LogP contribution in [0, 0.1) is 5.92 Å². The molecule has 0 aliphatic heterocycles. The number of carbonyl (C=O) groups excluding carboxylic acids is 1. The fourth-order valence-electron chi connectivity index (χ4n) is 1.44. The third-order valence-corrected chi connectivity index (χ3v) is 3.40. The molecule has 0 bridgehead atoms. The van der Waals surface area contributed by atoms with Crippen molar-refractivity contribution >= 4 is 27.6 Å². The Hall–Kier alpha value is -1.27. The van der Waals surface area contributed by atoms with Crippen molar-refractivity contribution in [2.45, 2.75) is 19.9 Å². The number of hydrogen-bond acceptors (Lipinski definition) is 3. The first-order valence-electron chi connectivity index (χ1n) is 5.99. The van der Waals surface area contributed by atoms with E-state index >= 15 is 0 Å². The van der Waals surface area contributed by atoms with Gasteiger partial charge in [-0.15, -0.1) is 0 Å². The van der Waals surface area contributed by atoms with Gasteiger partial charge in [0.2, 0.25) is 0 Å². The van der Waals surface area contributed by atoms with Gasteiger partial charge in [-0.3, -0.25) is 0 Å². The number of halogens is 1. The quantitative estimate of drug-likeness (QED) is 0.777. The number of aliphatic hydroxyl groups excluding tert-OH is 1. The van der Waals surface area contributed by atoms with Crippen molar-refractivity contribution in [1.82, 2.24) is 5.32 Å². The average Bonchev–Trinajstić information content (AvgIpc) is 2.37. The van der Waals surface area contributed by atoms with E-state index in [0.717, 1.165) is 4.47 Å². The predicted octanol–water partition coefficient (Wildman–Crippen LogP) is 2.60. The van der Waals surface area contributed by atoms with Gasteiger partial charge >= 0.3 is 6.03 Å². The highest BCUT2D eigenvalue weighted by Crippen LogP contribution is 2.27. The third-order valence-electron chi connectivity index (χ3n) is 2.91. The lowest BCUT2D eigenvalue weighted by molar-refractivity contribution is 0.204. The van der Waals surface area contributed by atoms with Crippen LogP contribution in [0.2, 0.25) is 0 Å². The van der Waals surface area contributed by atoms with Gasteiger partial charge in [-0.1, -0.05) is 22.9 Å². The Morgan fingerprint density at radius 2 is 2.16 bits per heavy atom. The summed E-state index contributed by atoms with van der Waals surface area (Å²) in [5, 5.41) is 14.5. The summed E-state index contributed by atoms with van der Waals surface area (Å²) in [5.74, 6) is 0.580. The van der Waals surface area contributed by atoms with E-state index < -0.39 is 0 Å². The van der Waals surface area contributed by atoms with Gasteiger partial charge in [0.25, 0.3) is 0 Å². The first-order valence-corrected chi connectivity index (χ1v) is 6.79. The summed E-state index contributed by atoms with van der Waals surface area (Å²) in [6, 6.07) is 4.91. The van der Waals surface area contributed by atoms with Crippen molar-refractivity contribution in [3.8, 4) is 5.75 Å². The number of aliphatic hydroxyl groups is 1. The molecule has 2 amide bonds. The molecule has 0 saturated heterocycles. The molecule has 0 fully saturated rings. The molecule has 0 aliphatic carbocycles. The number of carbonyl (C=O) groups is 1. The fraction of sp³-hybridized carbons (Fsp3) is 0.462. The van der Waals surface area contributed by atoms with Crippen LogP contribution in [0.3, 0.4) is 0 Å². The molecule has 0 spiro atoms. The summed E-state index contributed by atoms with van der Waals surface area (Å²) < 4.78 is 6.02. The maximum atomic E-state index is 11.8. The number of rotatable bonds is 5. The zero-order chi connectivity index (χ0) is 14.4. The molecule has 0 aliphatic rings. The van der Waals surface area contributed by atoms with Crippen LogP contribution in [0.4, 0.5) is 10.5 Å². The topological polar surface area (TPSA) is 70.6 Å². The van der Waals surface area contributed by atoms with Crippen LogP contribution in [0.25, 0.3) is 0 Å². The van der Waals surface area contributed by atoms with Crippen molar-refractivity contribution in [2.24, 2.45) is 5.92 Å². The molecule has 0 saturated carbocycles. The number of nitrogens with one attached hydrogen (secondary N) is 2. The van der Waals surface area contributed by atoms with Crippen molar-refractivity contribution in [2.75, 3.05) is 19.0 Å². The van der Waals surface area contributed by atoms with E-state index in [2.05, 4.69) is 26.6 Å². The molecule has 2 atom stereocenters. The number of ether oxygens (including phenoxy) is 1. The minimum Gasteiger partial charge on any atom is -0.495 e. The first kappa shape index (κ1) is 15.8. The Morgan fingerprint density at radius 1 is 1.47 bits per heavy atom. The van der Waals surface area contributed by atoms with E-state index in [0.29, 0.717) is 11.4 Å². The average molecular weight is 331 g/mol. The fourth-order valence-corrected chi connectivity index (χ4v) is 1.80. The van der Waals surface area contributed by atoms with E-state index in [1.807, 2.05) is 19.9 Å². The number of hydrogen-bond donors (Lipinski definition) is 3. The molecule has 1 aromatic carbocycles.